The molecule has 0 radical (unpaired) electrons. The molecule has 2 N–H and O–H groups in total. The summed E-state index contributed by atoms with van der Waals surface area (Å²) in [5.41, 5.74) is 7.45. The van der Waals surface area contributed by atoms with Gasteiger partial charge < -0.3 is 5.73 Å². The number of hydrogen-bond acceptors (Lipinski definition) is 4. The molecule has 4 heteroatoms. The van der Waals surface area contributed by atoms with E-state index in [2.05, 4.69) is 25.0 Å². The number of nitrogens with zero attached hydrogens (tertiary/aromatic N) is 2. The van der Waals surface area contributed by atoms with Crippen molar-refractivity contribution < 1.29 is 0 Å². The molecule has 5 unspecified atom stereocenters. The molecule has 1 fully saturated rings. The lowest BCUT2D eigenvalue weighted by Gasteiger charge is -2.49. The van der Waals surface area contributed by atoms with Crippen molar-refractivity contribution in [1.29, 1.82) is 0 Å². The third-order valence-corrected chi connectivity index (χ3v) is 5.01. The van der Waals surface area contributed by atoms with E-state index < -0.39 is 0 Å². The molecule has 0 aliphatic carbocycles. The molecule has 2 heterocycles. The van der Waals surface area contributed by atoms with Crippen molar-refractivity contribution >= 4 is 17.5 Å². The second kappa shape index (κ2) is 5.72. The van der Waals surface area contributed by atoms with E-state index in [4.69, 9.17) is 10.7 Å². The van der Waals surface area contributed by atoms with Gasteiger partial charge in [0.2, 0.25) is 0 Å². The van der Waals surface area contributed by atoms with Gasteiger partial charge in [-0.25, -0.2) is 0 Å². The Hall–Kier alpha value is -0.0600. The highest BCUT2D eigenvalue weighted by molar-refractivity contribution is 7.99. The molecule has 0 aromatic carbocycles. The van der Waals surface area contributed by atoms with Crippen LogP contribution in [0.4, 0.5) is 0 Å². The van der Waals surface area contributed by atoms with Gasteiger partial charge in [-0.1, -0.05) is 20.3 Å². The molecular weight excluding hydrogens is 230 g/mol. The summed E-state index contributed by atoms with van der Waals surface area (Å²) in [4.78, 5) is 7.34. The first-order chi connectivity index (χ1) is 8.21. The minimum atomic E-state index is 0.00195. The maximum absolute atomic E-state index is 6.08. The molecule has 5 atom stereocenters. The molecule has 2 bridgehead atoms. The van der Waals surface area contributed by atoms with Crippen LogP contribution < -0.4 is 5.73 Å². The lowest BCUT2D eigenvalue weighted by molar-refractivity contribution is 0.133. The lowest BCUT2D eigenvalue weighted by Crippen LogP contribution is -2.60. The highest BCUT2D eigenvalue weighted by Crippen LogP contribution is 2.36. The third-order valence-electron chi connectivity index (χ3n) is 4.05. The van der Waals surface area contributed by atoms with Crippen LogP contribution in [0.2, 0.25) is 0 Å². The van der Waals surface area contributed by atoms with Gasteiger partial charge in [0, 0.05) is 24.2 Å². The number of nitrogens with two attached hydrogens (primary N) is 1. The Balaban J connectivity index is 2.26. The number of hydrogen-bond donors (Lipinski definition) is 1. The molecule has 2 rings (SSSR count). The standard InChI is InChI=1S/C13H25N3S/c1-4-6-10-7-9(5-2)12-13(17-3)16(10)8-11(14)15-12/h9-11,13H,4-8,14H2,1-3H3. The predicted molar refractivity (Wildman–Crippen MR) is 76.5 cm³/mol. The molecule has 2 aliphatic rings. The lowest BCUT2D eigenvalue weighted by atomic mass is 9.84. The van der Waals surface area contributed by atoms with E-state index in [-0.39, 0.29) is 6.17 Å². The summed E-state index contributed by atoms with van der Waals surface area (Å²) in [6.07, 6.45) is 7.25. The molecule has 98 valence electrons. The van der Waals surface area contributed by atoms with E-state index in [1.54, 1.807) is 0 Å². The Morgan fingerprint density at radius 3 is 2.82 bits per heavy atom. The second-order valence-corrected chi connectivity index (χ2v) is 6.11. The van der Waals surface area contributed by atoms with Gasteiger partial charge in [0.05, 0.1) is 5.37 Å². The van der Waals surface area contributed by atoms with Crippen LogP contribution in [0.5, 0.6) is 0 Å². The first-order valence-corrected chi connectivity index (χ1v) is 8.11. The van der Waals surface area contributed by atoms with Crippen LogP contribution in [0.1, 0.15) is 39.5 Å². The fourth-order valence-corrected chi connectivity index (χ4v) is 4.28. The number of aliphatic imine (C=N–C) groups is 1. The summed E-state index contributed by atoms with van der Waals surface area (Å²) in [5, 5.41) is 0.491. The van der Waals surface area contributed by atoms with Crippen LogP contribution in [-0.4, -0.2) is 41.0 Å². The van der Waals surface area contributed by atoms with Crippen molar-refractivity contribution in [3.8, 4) is 0 Å². The molecule has 1 saturated heterocycles. The van der Waals surface area contributed by atoms with Gasteiger partial charge in [-0.05, 0) is 25.5 Å². The summed E-state index contributed by atoms with van der Waals surface area (Å²) in [6, 6.07) is 0.715. The quantitative estimate of drug-likeness (QED) is 0.838. The van der Waals surface area contributed by atoms with Gasteiger partial charge in [-0.2, -0.15) is 0 Å². The SMILES string of the molecule is CCCC1CC(CC)C2=NC(N)CN1C2SC. The molecule has 17 heavy (non-hydrogen) atoms. The minimum absolute atomic E-state index is 0.00195. The van der Waals surface area contributed by atoms with Gasteiger partial charge in [0.15, 0.2) is 0 Å². The zero-order valence-corrected chi connectivity index (χ0v) is 12.0. The Labute approximate surface area is 109 Å². The van der Waals surface area contributed by atoms with Gasteiger partial charge in [-0.3, -0.25) is 9.89 Å². The first kappa shape index (κ1) is 13.4. The summed E-state index contributed by atoms with van der Waals surface area (Å²) in [6.45, 7) is 5.50. The van der Waals surface area contributed by atoms with E-state index >= 15 is 0 Å². The van der Waals surface area contributed by atoms with Gasteiger partial charge in [-0.15, -0.1) is 11.8 Å². The van der Waals surface area contributed by atoms with Crippen LogP contribution in [0.3, 0.4) is 0 Å². The van der Waals surface area contributed by atoms with Crippen molar-refractivity contribution in [1.82, 2.24) is 4.90 Å². The predicted octanol–water partition coefficient (Wildman–Crippen LogP) is 2.32. The van der Waals surface area contributed by atoms with E-state index in [1.807, 2.05) is 11.8 Å². The Bertz CT molecular complexity index is 292. The number of fused-ring (bicyclic) bond motifs is 2. The highest BCUT2D eigenvalue weighted by atomic mass is 32.2. The van der Waals surface area contributed by atoms with Crippen molar-refractivity contribution in [2.24, 2.45) is 16.6 Å². The van der Waals surface area contributed by atoms with E-state index in [0.717, 1.165) is 6.54 Å². The van der Waals surface area contributed by atoms with Gasteiger partial charge in [0.25, 0.3) is 0 Å². The fourth-order valence-electron chi connectivity index (χ4n) is 3.26. The Morgan fingerprint density at radius 1 is 1.47 bits per heavy atom. The average molecular weight is 255 g/mol. The molecule has 3 nitrogen and oxygen atoms in total. The number of rotatable bonds is 4. The van der Waals surface area contributed by atoms with Gasteiger partial charge >= 0.3 is 0 Å². The maximum atomic E-state index is 6.08. The molecule has 0 saturated carbocycles. The molecule has 0 amide bonds. The minimum Gasteiger partial charge on any atom is -0.309 e. The summed E-state index contributed by atoms with van der Waals surface area (Å²) >= 11 is 1.93. The van der Waals surface area contributed by atoms with Crippen molar-refractivity contribution in [2.45, 2.75) is 57.1 Å². The van der Waals surface area contributed by atoms with Crippen molar-refractivity contribution in [3.63, 3.8) is 0 Å². The Kier molecular flexibility index (Phi) is 4.50. The molecule has 0 aromatic heterocycles. The molecular formula is C13H25N3S. The molecule has 0 aromatic rings. The summed E-state index contributed by atoms with van der Waals surface area (Å²) in [5.74, 6) is 0.659. The first-order valence-electron chi connectivity index (χ1n) is 6.82. The van der Waals surface area contributed by atoms with Crippen molar-refractivity contribution in [2.75, 3.05) is 12.8 Å². The summed E-state index contributed by atoms with van der Waals surface area (Å²) in [7, 11) is 0. The largest absolute Gasteiger partial charge is 0.309 e. The fraction of sp³-hybridized carbons (Fsp3) is 0.923. The topological polar surface area (TPSA) is 41.6 Å². The van der Waals surface area contributed by atoms with E-state index in [1.165, 1.54) is 31.4 Å². The third kappa shape index (κ3) is 2.54. The smallest absolute Gasteiger partial charge is 0.110 e. The molecule has 2 aliphatic heterocycles. The normalized spacial score (nSPS) is 41.2. The van der Waals surface area contributed by atoms with Crippen LogP contribution in [0.25, 0.3) is 0 Å². The van der Waals surface area contributed by atoms with Crippen LogP contribution >= 0.6 is 11.8 Å². The monoisotopic (exact) mass is 255 g/mol. The van der Waals surface area contributed by atoms with Crippen molar-refractivity contribution in [3.05, 3.63) is 0 Å². The number of piperidine rings is 1. The molecule has 0 spiro atoms. The summed E-state index contributed by atoms with van der Waals surface area (Å²) < 4.78 is 0. The maximum Gasteiger partial charge on any atom is 0.110 e. The van der Waals surface area contributed by atoms with Crippen LogP contribution in [-0.2, 0) is 0 Å². The van der Waals surface area contributed by atoms with E-state index in [9.17, 15) is 0 Å². The van der Waals surface area contributed by atoms with E-state index in [0.29, 0.717) is 17.3 Å². The highest BCUT2D eigenvalue weighted by Gasteiger charge is 2.42. The Morgan fingerprint density at radius 2 is 2.24 bits per heavy atom. The number of thioether (sulfide) groups is 1. The van der Waals surface area contributed by atoms with Crippen LogP contribution in [0.15, 0.2) is 4.99 Å². The second-order valence-electron chi connectivity index (χ2n) is 5.19. The average Bonchev–Trinajstić information content (AvgIpc) is 2.32. The van der Waals surface area contributed by atoms with Crippen LogP contribution in [0, 0.1) is 5.92 Å². The van der Waals surface area contributed by atoms with Gasteiger partial charge in [0.1, 0.15) is 6.17 Å². The zero-order chi connectivity index (χ0) is 12.4. The zero-order valence-electron chi connectivity index (χ0n) is 11.2.